The third-order valence-electron chi connectivity index (χ3n) is 12.9. The second-order valence-electron chi connectivity index (χ2n) is 18.2. The van der Waals surface area contributed by atoms with Gasteiger partial charge >= 0.3 is 5.97 Å². The predicted octanol–water partition coefficient (Wildman–Crippen LogP) is -2.36. The fraction of sp³-hybridized carbons (Fsp3) is 0.500. The summed E-state index contributed by atoms with van der Waals surface area (Å²) >= 11 is 0. The number of aromatic hydroxyl groups is 4. The summed E-state index contributed by atoms with van der Waals surface area (Å²) in [5, 5.41) is 149. The van der Waals surface area contributed by atoms with Gasteiger partial charge in [-0.2, -0.15) is 0 Å². The van der Waals surface area contributed by atoms with Crippen molar-refractivity contribution in [3.8, 4) is 45.8 Å². The van der Waals surface area contributed by atoms with Crippen LogP contribution in [0.5, 0.6) is 34.5 Å². The van der Waals surface area contributed by atoms with Crippen LogP contribution in [-0.2, 0) is 38.0 Å². The van der Waals surface area contributed by atoms with E-state index in [4.69, 9.17) is 47.0 Å². The van der Waals surface area contributed by atoms with Crippen molar-refractivity contribution in [2.24, 2.45) is 0 Å². The normalized spacial score (nSPS) is 36.7. The Morgan fingerprint density at radius 1 is 0.581 bits per heavy atom. The van der Waals surface area contributed by atoms with Gasteiger partial charge in [-0.1, -0.05) is 12.1 Å². The maximum atomic E-state index is 14.8. The summed E-state index contributed by atoms with van der Waals surface area (Å²) in [5.74, 6) is -5.19. The Morgan fingerprint density at radius 3 is 1.78 bits per heavy atom. The Kier molecular flexibility index (Phi) is 16.4. The van der Waals surface area contributed by atoms with Crippen molar-refractivity contribution >= 4 is 23.0 Å². The lowest BCUT2D eigenvalue weighted by Crippen LogP contribution is -2.65. The Labute approximate surface area is 418 Å². The highest BCUT2D eigenvalue weighted by Crippen LogP contribution is 2.41. The molecule has 4 aliphatic rings. The van der Waals surface area contributed by atoms with Crippen molar-refractivity contribution in [1.82, 2.24) is 0 Å². The second kappa shape index (κ2) is 22.2. The quantitative estimate of drug-likeness (QED) is 0.0378. The third kappa shape index (κ3) is 11.1. The van der Waals surface area contributed by atoms with E-state index in [2.05, 4.69) is 0 Å². The molecule has 5 heterocycles. The van der Waals surface area contributed by atoms with Gasteiger partial charge in [0.1, 0.15) is 95.4 Å². The lowest BCUT2D eigenvalue weighted by Gasteiger charge is -2.47. The fourth-order valence-corrected chi connectivity index (χ4v) is 8.61. The number of rotatable bonds is 13. The highest BCUT2D eigenvalue weighted by atomic mass is 16.8. The highest BCUT2D eigenvalue weighted by Gasteiger charge is 2.54. The number of fused-ring (bicyclic) bond motifs is 1. The van der Waals surface area contributed by atoms with Gasteiger partial charge in [0.05, 0.1) is 24.9 Å². The van der Waals surface area contributed by atoms with Crippen LogP contribution in [0.15, 0.2) is 69.9 Å². The summed E-state index contributed by atoms with van der Waals surface area (Å²) in [6, 6.07) is 10.7. The molecular weight excluding hydrogens is 993 g/mol. The van der Waals surface area contributed by atoms with Crippen molar-refractivity contribution in [1.29, 1.82) is 0 Å². The van der Waals surface area contributed by atoms with E-state index in [-0.39, 0.29) is 17.1 Å². The zero-order chi connectivity index (χ0) is 53.6. The molecule has 4 aliphatic heterocycles. The van der Waals surface area contributed by atoms with Gasteiger partial charge in [-0.3, -0.25) is 4.79 Å². The molecule has 4 saturated heterocycles. The number of aliphatic hydroxyl groups excluding tert-OH is 10. The average Bonchev–Trinajstić information content (AvgIpc) is 3.36. The van der Waals surface area contributed by atoms with Crippen molar-refractivity contribution in [3.63, 3.8) is 0 Å². The Balaban J connectivity index is 1.22. The minimum Gasteiger partial charge on any atom is -0.508 e. The topological polar surface area (TPSA) is 414 Å². The molecule has 0 saturated carbocycles. The van der Waals surface area contributed by atoms with E-state index in [1.54, 1.807) is 0 Å². The van der Waals surface area contributed by atoms with Crippen LogP contribution in [0.1, 0.15) is 26.3 Å². The summed E-state index contributed by atoms with van der Waals surface area (Å²) in [4.78, 5) is 28.4. The first-order valence-corrected chi connectivity index (χ1v) is 23.1. The van der Waals surface area contributed by atoms with Crippen molar-refractivity contribution in [3.05, 3.63) is 76.5 Å². The van der Waals surface area contributed by atoms with E-state index in [1.165, 1.54) is 51.1 Å². The standard InChI is InChI=1S/C48H56O26/c1-16-30(54)34(58)37(61)45(66-16)65-15-27-42(72-28(53)11-6-19-4-8-21(49)9-5-19)40(64)44(74-47-39(63)36(60)32(56)18(3)68-47)48(71-27)73-43-33(57)29-25(52)13-22(69-46-38(62)35(59)31(55)17(2)67-46)14-26(29)70-41(43)20-7-10-23(50)24(51)12-20/h4-14,16-18,27,30-32,34-40,42,44-52,54-56,58-64H,15H2,1-3H3/b11-6+/t16-,17-,18-,27+,30-,31-,32-,34+,35+,36+,37+,38+,39+,40-,42-,44+,45+,46-,47-,48-/m0/s1. The number of phenolic OH excluding ortho intramolecular Hbond substituents is 4. The fourth-order valence-electron chi connectivity index (χ4n) is 8.61. The number of benzene rings is 3. The van der Waals surface area contributed by atoms with Crippen LogP contribution in [0, 0.1) is 0 Å². The number of aliphatic hydroxyl groups is 10. The van der Waals surface area contributed by atoms with E-state index >= 15 is 0 Å². The first kappa shape index (κ1) is 54.5. The first-order valence-electron chi connectivity index (χ1n) is 23.1. The van der Waals surface area contributed by atoms with Crippen molar-refractivity contribution in [2.45, 2.75) is 144 Å². The molecule has 0 radical (unpaired) electrons. The molecule has 0 aliphatic carbocycles. The summed E-state index contributed by atoms with van der Waals surface area (Å²) in [6.45, 7) is 3.25. The van der Waals surface area contributed by atoms with E-state index in [0.717, 1.165) is 36.4 Å². The minimum absolute atomic E-state index is 0.0677. The molecule has 0 amide bonds. The number of hydrogen-bond donors (Lipinski definition) is 14. The van der Waals surface area contributed by atoms with E-state index < -0.39 is 181 Å². The Morgan fingerprint density at radius 2 is 1.16 bits per heavy atom. The first-order chi connectivity index (χ1) is 35.0. The molecule has 74 heavy (non-hydrogen) atoms. The van der Waals surface area contributed by atoms with Gasteiger partial charge in [-0.05, 0) is 62.7 Å². The van der Waals surface area contributed by atoms with Gasteiger partial charge in [0.15, 0.2) is 42.0 Å². The van der Waals surface area contributed by atoms with Crippen LogP contribution >= 0.6 is 0 Å². The summed E-state index contributed by atoms with van der Waals surface area (Å²) in [6.07, 6.45) is -32.4. The molecule has 20 atom stereocenters. The molecule has 26 heteroatoms. The van der Waals surface area contributed by atoms with Gasteiger partial charge in [-0.25, -0.2) is 4.79 Å². The lowest BCUT2D eigenvalue weighted by molar-refractivity contribution is -0.360. The van der Waals surface area contributed by atoms with Crippen molar-refractivity contribution < 1.29 is 123 Å². The van der Waals surface area contributed by atoms with Crippen LogP contribution in [0.4, 0.5) is 0 Å². The van der Waals surface area contributed by atoms with E-state index in [0.29, 0.717) is 5.56 Å². The maximum Gasteiger partial charge on any atom is 0.331 e. The lowest BCUT2D eigenvalue weighted by atomic mass is 9.97. The van der Waals surface area contributed by atoms with Gasteiger partial charge in [0.25, 0.3) is 0 Å². The second-order valence-corrected chi connectivity index (χ2v) is 18.2. The molecule has 4 fully saturated rings. The number of phenols is 4. The SMILES string of the molecule is C[C@@H]1O[C@@H](OC[C@H]2O[C@@H](Oc3c(-c4ccc(O)c(O)c4)oc4cc(O[C@@H]5O[C@@H](C)[C@H](O)[C@@H](O)[C@H]5O)cc(O)c4c3=O)[C@H](O[C@@H]3O[C@@H](C)[C@H](O)[C@@H](O)[C@H]3O)[C@@H](O)[C@H]2OC(=O)/C=C/c2ccc(O)cc2)[C@H](O)[C@H](O)[C@H]1O. The third-order valence-corrected chi connectivity index (χ3v) is 12.9. The van der Waals surface area contributed by atoms with Crippen LogP contribution in [0.25, 0.3) is 28.4 Å². The van der Waals surface area contributed by atoms with Gasteiger partial charge in [0.2, 0.25) is 23.8 Å². The monoisotopic (exact) mass is 1050 g/mol. The number of hydrogen-bond acceptors (Lipinski definition) is 26. The molecular formula is C48H56O26. The van der Waals surface area contributed by atoms with Crippen LogP contribution in [0.3, 0.4) is 0 Å². The Bertz CT molecular complexity index is 2700. The highest BCUT2D eigenvalue weighted by molar-refractivity contribution is 5.89. The smallest absolute Gasteiger partial charge is 0.331 e. The maximum absolute atomic E-state index is 14.8. The summed E-state index contributed by atoms with van der Waals surface area (Å²) < 4.78 is 58.7. The zero-order valence-corrected chi connectivity index (χ0v) is 39.3. The van der Waals surface area contributed by atoms with Crippen LogP contribution in [-0.4, -0.2) is 207 Å². The van der Waals surface area contributed by atoms with Gasteiger partial charge < -0.3 is 119 Å². The molecule has 26 nitrogen and oxygen atoms in total. The number of ether oxygens (including phenoxy) is 9. The zero-order valence-electron chi connectivity index (χ0n) is 39.3. The number of carbonyl (C=O) groups excluding carboxylic acids is 1. The average molecular weight is 1050 g/mol. The molecule has 8 rings (SSSR count). The summed E-state index contributed by atoms with van der Waals surface area (Å²) in [5.41, 5.74) is -1.45. The molecule has 404 valence electrons. The molecule has 0 spiro atoms. The van der Waals surface area contributed by atoms with E-state index in [1.807, 2.05) is 0 Å². The predicted molar refractivity (Wildman–Crippen MR) is 244 cm³/mol. The molecule has 0 unspecified atom stereocenters. The van der Waals surface area contributed by atoms with E-state index in [9.17, 15) is 81.1 Å². The largest absolute Gasteiger partial charge is 0.508 e. The van der Waals surface area contributed by atoms with Crippen LogP contribution < -0.4 is 14.9 Å². The summed E-state index contributed by atoms with van der Waals surface area (Å²) in [7, 11) is 0. The van der Waals surface area contributed by atoms with Crippen molar-refractivity contribution in [2.75, 3.05) is 6.61 Å². The molecule has 1 aromatic heterocycles. The molecule has 4 aromatic rings. The van der Waals surface area contributed by atoms with Gasteiger partial charge in [0, 0.05) is 23.8 Å². The van der Waals surface area contributed by atoms with Crippen LogP contribution in [0.2, 0.25) is 0 Å². The Hall–Kier alpha value is -5.76. The number of esters is 1. The molecule has 0 bridgehead atoms. The minimum atomic E-state index is -2.20. The molecule has 3 aromatic carbocycles. The number of carbonyl (C=O) groups is 1. The molecule has 14 N–H and O–H groups in total. The van der Waals surface area contributed by atoms with Gasteiger partial charge in [-0.15, -0.1) is 0 Å².